The first kappa shape index (κ1) is 19.0. The first-order valence-corrected chi connectivity index (χ1v) is 6.65. The summed E-state index contributed by atoms with van der Waals surface area (Å²) in [6.45, 7) is 3.83. The Labute approximate surface area is 118 Å². The van der Waals surface area contributed by atoms with Crippen molar-refractivity contribution in [3.63, 3.8) is 0 Å². The van der Waals surface area contributed by atoms with E-state index in [9.17, 15) is 13.2 Å². The van der Waals surface area contributed by atoms with Crippen LogP contribution in [0.15, 0.2) is 4.99 Å². The van der Waals surface area contributed by atoms with E-state index in [0.29, 0.717) is 38.6 Å². The second-order valence-electron chi connectivity index (χ2n) is 4.39. The third kappa shape index (κ3) is 12.0. The quantitative estimate of drug-likeness (QED) is 0.380. The van der Waals surface area contributed by atoms with Gasteiger partial charge in [-0.2, -0.15) is 13.2 Å². The van der Waals surface area contributed by atoms with Crippen LogP contribution in [0.3, 0.4) is 0 Å². The van der Waals surface area contributed by atoms with E-state index in [4.69, 9.17) is 4.74 Å². The first-order valence-electron chi connectivity index (χ1n) is 6.65. The Kier molecular flexibility index (Phi) is 10.2. The van der Waals surface area contributed by atoms with Crippen LogP contribution < -0.4 is 10.6 Å². The largest absolute Gasteiger partial charge is 0.401 e. The highest BCUT2D eigenvalue weighted by molar-refractivity contribution is 5.79. The molecule has 2 N–H and O–H groups in total. The molecule has 5 nitrogen and oxygen atoms in total. The maximum Gasteiger partial charge on any atom is 0.401 e. The molecule has 0 saturated heterocycles. The average Bonchev–Trinajstić information content (AvgIpc) is 2.32. The number of hydrogen-bond donors (Lipinski definition) is 2. The molecule has 0 bridgehead atoms. The number of halogens is 3. The third-order valence-corrected chi connectivity index (χ3v) is 2.36. The summed E-state index contributed by atoms with van der Waals surface area (Å²) in [4.78, 5) is 5.54. The molecule has 0 fully saturated rings. The van der Waals surface area contributed by atoms with E-state index in [1.54, 1.807) is 7.11 Å². The molecule has 0 amide bonds. The second kappa shape index (κ2) is 10.7. The summed E-state index contributed by atoms with van der Waals surface area (Å²) < 4.78 is 41.3. The summed E-state index contributed by atoms with van der Waals surface area (Å²) in [5, 5.41) is 6.13. The number of nitrogens with one attached hydrogen (secondary N) is 2. The van der Waals surface area contributed by atoms with E-state index < -0.39 is 12.7 Å². The molecule has 0 unspecified atom stereocenters. The van der Waals surface area contributed by atoms with Gasteiger partial charge in [0, 0.05) is 26.7 Å². The average molecular weight is 298 g/mol. The maximum absolute atomic E-state index is 12.1. The third-order valence-electron chi connectivity index (χ3n) is 2.36. The lowest BCUT2D eigenvalue weighted by molar-refractivity contribution is -0.143. The van der Waals surface area contributed by atoms with Gasteiger partial charge in [0.05, 0.1) is 13.2 Å². The fraction of sp³-hybridized carbons (Fsp3) is 0.917. The number of guanidine groups is 1. The molecule has 0 atom stereocenters. The first-order chi connectivity index (χ1) is 9.39. The normalized spacial score (nSPS) is 12.8. The van der Waals surface area contributed by atoms with Gasteiger partial charge < -0.3 is 15.4 Å². The maximum atomic E-state index is 12.1. The fourth-order valence-corrected chi connectivity index (χ4v) is 1.53. The molecule has 0 saturated carbocycles. The molecule has 20 heavy (non-hydrogen) atoms. The van der Waals surface area contributed by atoms with Gasteiger partial charge in [-0.3, -0.25) is 9.89 Å². The number of hydrogen-bond acceptors (Lipinski definition) is 3. The lowest BCUT2D eigenvalue weighted by Crippen LogP contribution is -2.39. The van der Waals surface area contributed by atoms with E-state index in [-0.39, 0.29) is 0 Å². The lowest BCUT2D eigenvalue weighted by atomic mass is 10.4. The highest BCUT2D eigenvalue weighted by Gasteiger charge is 2.28. The Balaban J connectivity index is 3.91. The van der Waals surface area contributed by atoms with Gasteiger partial charge in [0.1, 0.15) is 0 Å². The molecule has 0 spiro atoms. The van der Waals surface area contributed by atoms with Crippen LogP contribution in [0.2, 0.25) is 0 Å². The van der Waals surface area contributed by atoms with E-state index in [1.165, 1.54) is 11.9 Å². The van der Waals surface area contributed by atoms with Crippen molar-refractivity contribution < 1.29 is 17.9 Å². The molecular formula is C12H25F3N4O. The zero-order chi connectivity index (χ0) is 15.4. The van der Waals surface area contributed by atoms with Crippen molar-refractivity contribution in [3.8, 4) is 0 Å². The molecule has 0 aliphatic heterocycles. The van der Waals surface area contributed by atoms with Crippen LogP contribution in [-0.2, 0) is 4.74 Å². The molecule has 0 radical (unpaired) electrons. The lowest BCUT2D eigenvalue weighted by Gasteiger charge is -2.18. The van der Waals surface area contributed by atoms with Crippen LogP contribution in [0.25, 0.3) is 0 Å². The molecule has 0 aliphatic carbocycles. The SMILES string of the molecule is CCNC(=NCCCN(C)CC(F)(F)F)NCCOC. The summed E-state index contributed by atoms with van der Waals surface area (Å²) in [5.74, 6) is 0.656. The second-order valence-corrected chi connectivity index (χ2v) is 4.39. The molecule has 0 rings (SSSR count). The molecule has 0 aromatic carbocycles. The van der Waals surface area contributed by atoms with E-state index in [0.717, 1.165) is 6.54 Å². The minimum absolute atomic E-state index is 0.362. The van der Waals surface area contributed by atoms with Crippen LogP contribution in [-0.4, -0.2) is 70.5 Å². The van der Waals surface area contributed by atoms with E-state index in [2.05, 4.69) is 15.6 Å². The number of alkyl halides is 3. The minimum Gasteiger partial charge on any atom is -0.383 e. The monoisotopic (exact) mass is 298 g/mol. The molecule has 0 aliphatic rings. The van der Waals surface area contributed by atoms with Crippen molar-refractivity contribution in [3.05, 3.63) is 0 Å². The number of rotatable bonds is 9. The molecular weight excluding hydrogens is 273 g/mol. The Morgan fingerprint density at radius 3 is 2.55 bits per heavy atom. The van der Waals surface area contributed by atoms with Gasteiger partial charge in [0.2, 0.25) is 0 Å². The number of ether oxygens (including phenoxy) is 1. The summed E-state index contributed by atoms with van der Waals surface area (Å²) in [6, 6.07) is 0. The Bertz CT molecular complexity index is 272. The molecule has 120 valence electrons. The highest BCUT2D eigenvalue weighted by atomic mass is 19.4. The minimum atomic E-state index is -4.14. The summed E-state index contributed by atoms with van der Waals surface area (Å²) in [7, 11) is 3.07. The van der Waals surface area contributed by atoms with Gasteiger partial charge >= 0.3 is 6.18 Å². The van der Waals surface area contributed by atoms with Crippen molar-refractivity contribution in [2.75, 3.05) is 53.5 Å². The fourth-order valence-electron chi connectivity index (χ4n) is 1.53. The van der Waals surface area contributed by atoms with Crippen molar-refractivity contribution in [1.82, 2.24) is 15.5 Å². The predicted molar refractivity (Wildman–Crippen MR) is 74.0 cm³/mol. The van der Waals surface area contributed by atoms with Gasteiger partial charge in [0.15, 0.2) is 5.96 Å². The van der Waals surface area contributed by atoms with Crippen LogP contribution >= 0.6 is 0 Å². The zero-order valence-electron chi connectivity index (χ0n) is 12.4. The van der Waals surface area contributed by atoms with Crippen LogP contribution in [0.4, 0.5) is 13.2 Å². The highest BCUT2D eigenvalue weighted by Crippen LogP contribution is 2.15. The molecule has 8 heteroatoms. The van der Waals surface area contributed by atoms with Crippen molar-refractivity contribution in [2.45, 2.75) is 19.5 Å². The Morgan fingerprint density at radius 1 is 1.30 bits per heavy atom. The van der Waals surface area contributed by atoms with E-state index >= 15 is 0 Å². The van der Waals surface area contributed by atoms with Gasteiger partial charge in [-0.15, -0.1) is 0 Å². The van der Waals surface area contributed by atoms with Crippen molar-refractivity contribution in [2.24, 2.45) is 4.99 Å². The van der Waals surface area contributed by atoms with Crippen molar-refractivity contribution >= 4 is 5.96 Å². The van der Waals surface area contributed by atoms with Gasteiger partial charge in [0.25, 0.3) is 0 Å². The summed E-state index contributed by atoms with van der Waals surface area (Å²) in [6.07, 6.45) is -3.57. The van der Waals surface area contributed by atoms with Crippen molar-refractivity contribution in [1.29, 1.82) is 0 Å². The molecule has 0 aromatic heterocycles. The molecule has 0 aromatic rings. The van der Waals surface area contributed by atoms with Gasteiger partial charge in [-0.25, -0.2) is 0 Å². The van der Waals surface area contributed by atoms with Crippen LogP contribution in [0, 0.1) is 0 Å². The molecule has 0 heterocycles. The predicted octanol–water partition coefficient (Wildman–Crippen LogP) is 1.07. The number of methoxy groups -OCH3 is 1. The van der Waals surface area contributed by atoms with E-state index in [1.807, 2.05) is 6.92 Å². The summed E-state index contributed by atoms with van der Waals surface area (Å²) >= 11 is 0. The Morgan fingerprint density at radius 2 is 2.00 bits per heavy atom. The van der Waals surface area contributed by atoms with Crippen LogP contribution in [0.1, 0.15) is 13.3 Å². The topological polar surface area (TPSA) is 48.9 Å². The number of aliphatic imine (C=N–C) groups is 1. The summed E-state index contributed by atoms with van der Waals surface area (Å²) in [5.41, 5.74) is 0. The van der Waals surface area contributed by atoms with Gasteiger partial charge in [-0.1, -0.05) is 0 Å². The van der Waals surface area contributed by atoms with Gasteiger partial charge in [-0.05, 0) is 26.9 Å². The Hall–Kier alpha value is -1.02. The smallest absolute Gasteiger partial charge is 0.383 e. The standard InChI is InChI=1S/C12H25F3N4O/c1-4-16-11(18-7-9-20-3)17-6-5-8-19(2)10-12(13,14)15/h4-10H2,1-3H3,(H2,16,17,18). The number of nitrogens with zero attached hydrogens (tertiary/aromatic N) is 2. The van der Waals surface area contributed by atoms with Crippen LogP contribution in [0.5, 0.6) is 0 Å². The zero-order valence-corrected chi connectivity index (χ0v) is 12.4.